The highest BCUT2D eigenvalue weighted by molar-refractivity contribution is 5.96. The standard InChI is InChI=1S/C43H67N7O7/c1-42(2,3)57-41(56)45-34-14-12-10-8-9-11-13-29-24-43(29,40(54)55)46-37(51)35-23-32(26-49(35)38(34)52)50-39(53)36(28-17-21-31(22-18-28)48(6)7)33(25-44-50)27-15-19-30(20-16-27)47(4)5/h11,13,25,27-32,34-35H,8-10,12,14-24,26H2,1-7H3,(H,45,56)(H,46,51)(H,54,55)/b13-11-/t27?,28?,29-,30?,31?,32-,34+,35?,43-/m1/s1. The lowest BCUT2D eigenvalue weighted by molar-refractivity contribution is -0.145. The van der Waals surface area contributed by atoms with Gasteiger partial charge >= 0.3 is 12.1 Å². The van der Waals surface area contributed by atoms with Crippen molar-refractivity contribution in [3.63, 3.8) is 0 Å². The molecule has 4 fully saturated rings. The van der Waals surface area contributed by atoms with Crippen LogP contribution in [0.2, 0.25) is 0 Å². The summed E-state index contributed by atoms with van der Waals surface area (Å²) in [5.41, 5.74) is -0.538. The van der Waals surface area contributed by atoms with E-state index in [1.165, 1.54) is 9.58 Å². The van der Waals surface area contributed by atoms with Crippen LogP contribution in [0, 0.1) is 5.92 Å². The summed E-state index contributed by atoms with van der Waals surface area (Å²) in [5.74, 6) is -2.20. The number of carboxylic acid groups (broad SMARTS) is 1. The molecule has 3 heterocycles. The minimum Gasteiger partial charge on any atom is -0.479 e. The van der Waals surface area contributed by atoms with Gasteiger partial charge in [0.25, 0.3) is 5.56 Å². The molecule has 316 valence electrons. The van der Waals surface area contributed by atoms with E-state index >= 15 is 0 Å². The van der Waals surface area contributed by atoms with E-state index in [9.17, 15) is 29.1 Å². The van der Waals surface area contributed by atoms with E-state index in [1.54, 1.807) is 20.8 Å². The first-order valence-electron chi connectivity index (χ1n) is 21.5. The summed E-state index contributed by atoms with van der Waals surface area (Å²) in [4.78, 5) is 75.7. The second-order valence-corrected chi connectivity index (χ2v) is 18.9. The highest BCUT2D eigenvalue weighted by atomic mass is 16.6. The fraction of sp³-hybridized carbons (Fsp3) is 0.767. The first kappa shape index (κ1) is 42.8. The van der Waals surface area contributed by atoms with Gasteiger partial charge in [-0.15, -0.1) is 0 Å². The Morgan fingerprint density at radius 1 is 0.912 bits per heavy atom. The van der Waals surface area contributed by atoms with Crippen LogP contribution in [0.1, 0.15) is 146 Å². The van der Waals surface area contributed by atoms with Crippen molar-refractivity contribution in [3.05, 3.63) is 39.8 Å². The second-order valence-electron chi connectivity index (χ2n) is 18.9. The van der Waals surface area contributed by atoms with Gasteiger partial charge in [-0.3, -0.25) is 14.4 Å². The normalized spacial score (nSPS) is 33.4. The summed E-state index contributed by atoms with van der Waals surface area (Å²) >= 11 is 0. The molecule has 0 spiro atoms. The number of amides is 3. The van der Waals surface area contributed by atoms with Crippen LogP contribution in [-0.2, 0) is 19.1 Å². The summed E-state index contributed by atoms with van der Waals surface area (Å²) < 4.78 is 7.05. The molecule has 0 radical (unpaired) electrons. The van der Waals surface area contributed by atoms with Crippen LogP contribution in [0.25, 0.3) is 0 Å². The number of hydrogen-bond acceptors (Lipinski definition) is 9. The van der Waals surface area contributed by atoms with Crippen molar-refractivity contribution in [2.24, 2.45) is 5.92 Å². The fourth-order valence-electron chi connectivity index (χ4n) is 9.98. The molecule has 5 atom stereocenters. The Morgan fingerprint density at radius 2 is 1.54 bits per heavy atom. The molecule has 1 unspecified atom stereocenters. The molecule has 2 aliphatic heterocycles. The van der Waals surface area contributed by atoms with Crippen molar-refractivity contribution in [3.8, 4) is 0 Å². The maximum atomic E-state index is 15.0. The van der Waals surface area contributed by atoms with Crippen LogP contribution < -0.4 is 16.2 Å². The maximum absolute atomic E-state index is 15.0. The molecule has 3 amide bonds. The van der Waals surface area contributed by atoms with E-state index in [0.29, 0.717) is 24.9 Å². The number of alkyl carbamates (subject to hydrolysis) is 1. The molecule has 3 aliphatic carbocycles. The second kappa shape index (κ2) is 17.6. The topological polar surface area (TPSA) is 166 Å². The molecule has 1 aromatic heterocycles. The van der Waals surface area contributed by atoms with Crippen molar-refractivity contribution in [2.75, 3.05) is 34.7 Å². The predicted octanol–water partition coefficient (Wildman–Crippen LogP) is 4.93. The SMILES string of the molecule is CN(C)C1CCC(c2cnn([C@@H]3CC4C(=O)N[C@]5(C(=O)O)C[C@H]5/C=C\CCCCC[C@H](NC(=O)OC(C)(C)C)C(=O)N4C3)c(=O)c2C2CCC(N(C)C)CC2)CC1. The monoisotopic (exact) mass is 794 g/mol. The number of ether oxygens (including phenoxy) is 1. The quantitative estimate of drug-likeness (QED) is 0.322. The molecular weight excluding hydrogens is 727 g/mol. The largest absolute Gasteiger partial charge is 0.479 e. The van der Waals surface area contributed by atoms with E-state index in [4.69, 9.17) is 9.84 Å². The molecule has 3 N–H and O–H groups in total. The third kappa shape index (κ3) is 9.75. The van der Waals surface area contributed by atoms with Gasteiger partial charge < -0.3 is 35.2 Å². The highest BCUT2D eigenvalue weighted by Gasteiger charge is 2.61. The number of nitrogens with zero attached hydrogens (tertiary/aromatic N) is 5. The Bertz CT molecular complexity index is 1720. The van der Waals surface area contributed by atoms with Crippen molar-refractivity contribution >= 4 is 23.9 Å². The Hall–Kier alpha value is -3.78. The Kier molecular flexibility index (Phi) is 13.2. The van der Waals surface area contributed by atoms with Gasteiger partial charge in [-0.25, -0.2) is 14.3 Å². The van der Waals surface area contributed by atoms with Gasteiger partial charge in [0.2, 0.25) is 11.8 Å². The molecule has 5 aliphatic rings. The van der Waals surface area contributed by atoms with Crippen LogP contribution >= 0.6 is 0 Å². The number of carbonyl (C=O) groups excluding carboxylic acids is 3. The van der Waals surface area contributed by atoms with Crippen LogP contribution in [-0.4, -0.2) is 124 Å². The number of fused-ring (bicyclic) bond motifs is 2. The number of aliphatic carboxylic acids is 1. The third-order valence-corrected chi connectivity index (χ3v) is 13.4. The number of rotatable bonds is 7. The number of allylic oxidation sites excluding steroid dienone is 1. The fourth-order valence-corrected chi connectivity index (χ4v) is 9.98. The van der Waals surface area contributed by atoms with Gasteiger partial charge in [0.15, 0.2) is 0 Å². The predicted molar refractivity (Wildman–Crippen MR) is 217 cm³/mol. The average Bonchev–Trinajstić information content (AvgIpc) is 3.67. The molecule has 0 aromatic carbocycles. The third-order valence-electron chi connectivity index (χ3n) is 13.4. The Morgan fingerprint density at radius 3 is 2.14 bits per heavy atom. The molecule has 6 rings (SSSR count). The van der Waals surface area contributed by atoms with Crippen molar-refractivity contribution in [1.29, 1.82) is 0 Å². The molecule has 14 heteroatoms. The summed E-state index contributed by atoms with van der Waals surface area (Å²) in [6, 6.07) is -1.72. The number of hydrogen-bond donors (Lipinski definition) is 3. The van der Waals surface area contributed by atoms with Crippen LogP contribution in [0.3, 0.4) is 0 Å². The first-order chi connectivity index (χ1) is 27.0. The number of carboxylic acids is 1. The number of nitrogens with one attached hydrogen (secondary N) is 2. The van der Waals surface area contributed by atoms with Gasteiger partial charge in [0.1, 0.15) is 23.2 Å². The zero-order valence-electron chi connectivity index (χ0n) is 35.3. The van der Waals surface area contributed by atoms with E-state index in [1.807, 2.05) is 18.3 Å². The molecule has 57 heavy (non-hydrogen) atoms. The van der Waals surface area contributed by atoms with E-state index in [0.717, 1.165) is 81.8 Å². The smallest absolute Gasteiger partial charge is 0.408 e. The van der Waals surface area contributed by atoms with E-state index < -0.39 is 53.1 Å². The van der Waals surface area contributed by atoms with Crippen molar-refractivity contribution in [2.45, 2.75) is 170 Å². The molecule has 1 aromatic rings. The van der Waals surface area contributed by atoms with E-state index in [2.05, 4.69) is 48.6 Å². The first-order valence-corrected chi connectivity index (χ1v) is 21.5. The van der Waals surface area contributed by atoms with Crippen molar-refractivity contribution < 1.29 is 29.0 Å². The lowest BCUT2D eigenvalue weighted by Crippen LogP contribution is -2.56. The van der Waals surface area contributed by atoms with Crippen LogP contribution in [0.15, 0.2) is 23.1 Å². The molecule has 3 saturated carbocycles. The number of aromatic nitrogens is 2. The average molecular weight is 794 g/mol. The Labute approximate surface area is 338 Å². The maximum Gasteiger partial charge on any atom is 0.408 e. The molecule has 0 bridgehead atoms. The molecule has 14 nitrogen and oxygen atoms in total. The van der Waals surface area contributed by atoms with Crippen LogP contribution in [0.4, 0.5) is 4.79 Å². The summed E-state index contributed by atoms with van der Waals surface area (Å²) in [7, 11) is 8.47. The van der Waals surface area contributed by atoms with Gasteiger partial charge in [-0.2, -0.15) is 5.10 Å². The zero-order valence-corrected chi connectivity index (χ0v) is 35.3. The van der Waals surface area contributed by atoms with Gasteiger partial charge in [0, 0.05) is 36.5 Å². The minimum absolute atomic E-state index is 0.0137. The zero-order chi connectivity index (χ0) is 41.2. The Balaban J connectivity index is 1.35. The van der Waals surface area contributed by atoms with Crippen molar-refractivity contribution in [1.82, 2.24) is 35.1 Å². The molecule has 1 saturated heterocycles. The highest BCUT2D eigenvalue weighted by Crippen LogP contribution is 2.46. The molecular formula is C43H67N7O7. The number of carbonyl (C=O) groups is 4. The van der Waals surface area contributed by atoms with E-state index in [-0.39, 0.29) is 42.7 Å². The summed E-state index contributed by atoms with van der Waals surface area (Å²) in [6.45, 7) is 5.26. The van der Waals surface area contributed by atoms with Crippen LogP contribution in [0.5, 0.6) is 0 Å². The summed E-state index contributed by atoms with van der Waals surface area (Å²) in [5, 5.41) is 20.8. The minimum atomic E-state index is -1.46. The van der Waals surface area contributed by atoms with Gasteiger partial charge in [0.05, 0.1) is 12.2 Å². The lowest BCUT2D eigenvalue weighted by Gasteiger charge is -2.36. The summed E-state index contributed by atoms with van der Waals surface area (Å²) in [6.07, 6.45) is 16.6. The lowest BCUT2D eigenvalue weighted by atomic mass is 9.75. The van der Waals surface area contributed by atoms with Gasteiger partial charge in [-0.05, 0) is 143 Å². The van der Waals surface area contributed by atoms with Gasteiger partial charge in [-0.1, -0.05) is 25.0 Å².